The highest BCUT2D eigenvalue weighted by molar-refractivity contribution is 7.89. The molecule has 0 radical (unpaired) electrons. The van der Waals surface area contributed by atoms with E-state index < -0.39 is 38.1 Å². The van der Waals surface area contributed by atoms with Crippen LogP contribution in [-0.4, -0.2) is 59.1 Å². The summed E-state index contributed by atoms with van der Waals surface area (Å²) in [7, 11) is -4.18. The number of aryl methyl sites for hydroxylation is 1. The molecule has 0 spiro atoms. The number of pyridine rings is 1. The lowest BCUT2D eigenvalue weighted by Gasteiger charge is -2.34. The maximum absolute atomic E-state index is 13.0. The molecule has 8 nitrogen and oxygen atoms in total. The molecule has 1 amide bonds. The van der Waals surface area contributed by atoms with E-state index in [0.29, 0.717) is 11.7 Å². The van der Waals surface area contributed by atoms with Crippen molar-refractivity contribution in [2.24, 2.45) is 0 Å². The Kier molecular flexibility index (Phi) is 5.74. The number of piperazine rings is 1. The second-order valence-electron chi connectivity index (χ2n) is 7.63. The van der Waals surface area contributed by atoms with Crippen LogP contribution < -0.4 is 5.56 Å². The number of hydrogen-bond acceptors (Lipinski definition) is 5. The van der Waals surface area contributed by atoms with E-state index in [9.17, 15) is 31.2 Å². The number of aromatic nitrogens is 2. The Balaban J connectivity index is 1.52. The smallest absolute Gasteiger partial charge is 0.336 e. The van der Waals surface area contributed by atoms with E-state index in [0.717, 1.165) is 28.1 Å². The van der Waals surface area contributed by atoms with Crippen LogP contribution in [0.1, 0.15) is 21.5 Å². The molecule has 4 rings (SSSR count). The molecule has 0 N–H and O–H groups in total. The van der Waals surface area contributed by atoms with Gasteiger partial charge in [0, 0.05) is 38.6 Å². The minimum absolute atomic E-state index is 0.0208. The minimum Gasteiger partial charge on any atom is -0.336 e. The zero-order valence-electron chi connectivity index (χ0n) is 17.4. The topological polar surface area (TPSA) is 92.1 Å². The van der Waals surface area contributed by atoms with Crippen molar-refractivity contribution in [3.63, 3.8) is 0 Å². The van der Waals surface area contributed by atoms with Crippen molar-refractivity contribution in [3.8, 4) is 0 Å². The molecule has 1 aromatic carbocycles. The molecule has 0 atom stereocenters. The van der Waals surface area contributed by atoms with Crippen LogP contribution in [-0.2, 0) is 16.2 Å². The summed E-state index contributed by atoms with van der Waals surface area (Å²) in [5.74, 6) is -0.584. The quantitative estimate of drug-likeness (QED) is 0.573. The molecule has 1 aliphatic rings. The zero-order valence-corrected chi connectivity index (χ0v) is 18.2. The summed E-state index contributed by atoms with van der Waals surface area (Å²) in [5, 5.41) is 0. The van der Waals surface area contributed by atoms with Crippen molar-refractivity contribution in [1.82, 2.24) is 18.6 Å². The van der Waals surface area contributed by atoms with Gasteiger partial charge in [-0.05, 0) is 36.8 Å². The summed E-state index contributed by atoms with van der Waals surface area (Å²) in [6.45, 7) is 1.52. The van der Waals surface area contributed by atoms with Gasteiger partial charge in [0.05, 0.1) is 10.5 Å². The van der Waals surface area contributed by atoms with Gasteiger partial charge in [-0.3, -0.25) is 14.0 Å². The van der Waals surface area contributed by atoms with Crippen LogP contribution in [0.15, 0.2) is 58.5 Å². The third kappa shape index (κ3) is 4.35. The molecule has 0 saturated carbocycles. The molecule has 0 bridgehead atoms. The molecule has 2 aromatic heterocycles. The van der Waals surface area contributed by atoms with E-state index in [2.05, 4.69) is 4.98 Å². The molecule has 3 heterocycles. The van der Waals surface area contributed by atoms with Gasteiger partial charge in [0.15, 0.2) is 0 Å². The monoisotopic (exact) mass is 480 g/mol. The third-order valence-electron chi connectivity index (χ3n) is 5.41. The number of carbonyl (C=O) groups excluding carboxylic acids is 1. The van der Waals surface area contributed by atoms with E-state index >= 15 is 0 Å². The molecule has 1 fully saturated rings. The SMILES string of the molecule is Cc1ccc2ncc(C(=O)N3CCN(S(=O)(=O)c4cccc(C(F)(F)F)c4)CC3)c(=O)n2c1. The number of nitrogens with zero attached hydrogens (tertiary/aromatic N) is 4. The molecule has 12 heteroatoms. The Morgan fingerprint density at radius 2 is 1.76 bits per heavy atom. The maximum atomic E-state index is 13.0. The summed E-state index contributed by atoms with van der Waals surface area (Å²) in [5.41, 5.74) is -0.541. The van der Waals surface area contributed by atoms with Crippen LogP contribution in [0.3, 0.4) is 0 Å². The summed E-state index contributed by atoms with van der Waals surface area (Å²) >= 11 is 0. The predicted octanol–water partition coefficient (Wildman–Crippen LogP) is 2.17. The average molecular weight is 480 g/mol. The number of hydrogen-bond donors (Lipinski definition) is 0. The van der Waals surface area contributed by atoms with E-state index in [4.69, 9.17) is 0 Å². The first-order valence-corrected chi connectivity index (χ1v) is 11.4. The van der Waals surface area contributed by atoms with Gasteiger partial charge in [0.25, 0.3) is 11.5 Å². The van der Waals surface area contributed by atoms with Gasteiger partial charge in [-0.25, -0.2) is 13.4 Å². The number of alkyl halides is 3. The number of amides is 1. The van der Waals surface area contributed by atoms with Crippen molar-refractivity contribution < 1.29 is 26.4 Å². The Hall–Kier alpha value is -3.25. The number of benzene rings is 1. The lowest BCUT2D eigenvalue weighted by Crippen LogP contribution is -2.51. The fourth-order valence-corrected chi connectivity index (χ4v) is 5.08. The molecule has 0 unspecified atom stereocenters. The van der Waals surface area contributed by atoms with Crippen molar-refractivity contribution in [3.05, 3.63) is 75.8 Å². The van der Waals surface area contributed by atoms with Gasteiger partial charge in [-0.2, -0.15) is 17.5 Å². The number of fused-ring (bicyclic) bond motifs is 1. The van der Waals surface area contributed by atoms with Crippen molar-refractivity contribution in [2.45, 2.75) is 18.0 Å². The van der Waals surface area contributed by atoms with Crippen molar-refractivity contribution >= 4 is 21.6 Å². The molecule has 174 valence electrons. The van der Waals surface area contributed by atoms with Gasteiger partial charge in [0.2, 0.25) is 10.0 Å². The summed E-state index contributed by atoms with van der Waals surface area (Å²) in [6, 6.07) is 6.97. The normalized spacial score (nSPS) is 15.7. The van der Waals surface area contributed by atoms with E-state index in [-0.39, 0.29) is 31.7 Å². The highest BCUT2D eigenvalue weighted by Crippen LogP contribution is 2.31. The lowest BCUT2D eigenvalue weighted by molar-refractivity contribution is -0.137. The van der Waals surface area contributed by atoms with Crippen molar-refractivity contribution in [1.29, 1.82) is 0 Å². The number of halogens is 3. The van der Waals surface area contributed by atoms with E-state index in [1.807, 2.05) is 0 Å². The lowest BCUT2D eigenvalue weighted by atomic mass is 10.2. The highest BCUT2D eigenvalue weighted by atomic mass is 32.2. The molecule has 1 saturated heterocycles. The standard InChI is InChI=1S/C21H19F3N4O4S/c1-14-5-6-18-25-12-17(20(30)28(18)13-14)19(29)26-7-9-27(10-8-26)33(31,32)16-4-2-3-15(11-16)21(22,23)24/h2-6,11-13H,7-10H2,1H3. The maximum Gasteiger partial charge on any atom is 0.416 e. The predicted molar refractivity (Wildman–Crippen MR) is 112 cm³/mol. The Morgan fingerprint density at radius 1 is 1.06 bits per heavy atom. The average Bonchev–Trinajstić information content (AvgIpc) is 2.79. The molecular weight excluding hydrogens is 461 g/mol. The number of carbonyl (C=O) groups is 1. The number of sulfonamides is 1. The van der Waals surface area contributed by atoms with E-state index in [1.54, 1.807) is 25.3 Å². The van der Waals surface area contributed by atoms with Crippen LogP contribution in [0, 0.1) is 6.92 Å². The highest BCUT2D eigenvalue weighted by Gasteiger charge is 2.35. The van der Waals surface area contributed by atoms with Gasteiger partial charge in [-0.1, -0.05) is 12.1 Å². The molecule has 33 heavy (non-hydrogen) atoms. The summed E-state index contributed by atoms with van der Waals surface area (Å²) in [4.78, 5) is 30.7. The van der Waals surface area contributed by atoms with Gasteiger partial charge in [-0.15, -0.1) is 0 Å². The number of rotatable bonds is 3. The first-order valence-electron chi connectivity index (χ1n) is 9.93. The fourth-order valence-electron chi connectivity index (χ4n) is 3.61. The Morgan fingerprint density at radius 3 is 2.42 bits per heavy atom. The van der Waals surface area contributed by atoms with Crippen LogP contribution in [0.5, 0.6) is 0 Å². The van der Waals surface area contributed by atoms with Gasteiger partial charge in [0.1, 0.15) is 11.2 Å². The first-order chi connectivity index (χ1) is 15.5. The van der Waals surface area contributed by atoms with Gasteiger partial charge < -0.3 is 4.90 Å². The van der Waals surface area contributed by atoms with Crippen LogP contribution >= 0.6 is 0 Å². The zero-order chi connectivity index (χ0) is 24.0. The minimum atomic E-state index is -4.67. The van der Waals surface area contributed by atoms with Crippen LogP contribution in [0.2, 0.25) is 0 Å². The molecule has 1 aliphatic heterocycles. The van der Waals surface area contributed by atoms with E-state index in [1.165, 1.54) is 15.5 Å². The first kappa shape index (κ1) is 22.9. The fraction of sp³-hybridized carbons (Fsp3) is 0.286. The second kappa shape index (κ2) is 8.27. The Bertz CT molecular complexity index is 1390. The second-order valence-corrected chi connectivity index (χ2v) is 9.57. The molecule has 3 aromatic rings. The largest absolute Gasteiger partial charge is 0.416 e. The Labute approximate surface area is 186 Å². The molecule has 0 aliphatic carbocycles. The van der Waals surface area contributed by atoms with Crippen LogP contribution in [0.25, 0.3) is 5.65 Å². The van der Waals surface area contributed by atoms with Crippen molar-refractivity contribution in [2.75, 3.05) is 26.2 Å². The summed E-state index contributed by atoms with van der Waals surface area (Å²) < 4.78 is 66.9. The molecular formula is C21H19F3N4O4S. The van der Waals surface area contributed by atoms with Gasteiger partial charge >= 0.3 is 6.18 Å². The van der Waals surface area contributed by atoms with Crippen LogP contribution in [0.4, 0.5) is 13.2 Å². The summed E-state index contributed by atoms with van der Waals surface area (Å²) in [6.07, 6.45) is -1.90. The third-order valence-corrected chi connectivity index (χ3v) is 7.30.